The summed E-state index contributed by atoms with van der Waals surface area (Å²) in [5.74, 6) is -0.894. The number of hydrogen-bond donors (Lipinski definition) is 1. The van der Waals surface area contributed by atoms with Crippen LogP contribution in [0.2, 0.25) is 0 Å². The second-order valence-electron chi connectivity index (χ2n) is 5.70. The molecule has 0 aromatic carbocycles. The highest BCUT2D eigenvalue weighted by atomic mass is 19.3. The molecule has 1 amide bonds. The molecule has 1 aliphatic carbocycles. The van der Waals surface area contributed by atoms with Crippen molar-refractivity contribution in [3.8, 4) is 0 Å². The van der Waals surface area contributed by atoms with Crippen LogP contribution in [0.3, 0.4) is 0 Å². The molecule has 0 aliphatic heterocycles. The number of hydrogen-bond acceptors (Lipinski definition) is 1. The molecule has 4 heteroatoms. The van der Waals surface area contributed by atoms with Crippen molar-refractivity contribution in [3.63, 3.8) is 0 Å². The van der Waals surface area contributed by atoms with Crippen molar-refractivity contribution in [2.24, 2.45) is 11.8 Å². The molecule has 16 heavy (non-hydrogen) atoms. The zero-order valence-corrected chi connectivity index (χ0v) is 10.2. The molecule has 1 fully saturated rings. The van der Waals surface area contributed by atoms with Crippen molar-refractivity contribution in [2.75, 3.05) is 0 Å². The first kappa shape index (κ1) is 13.4. The van der Waals surface area contributed by atoms with Gasteiger partial charge in [-0.1, -0.05) is 6.42 Å². The summed E-state index contributed by atoms with van der Waals surface area (Å²) in [7, 11) is 0. The molecule has 0 saturated heterocycles. The van der Waals surface area contributed by atoms with Crippen molar-refractivity contribution < 1.29 is 13.6 Å². The van der Waals surface area contributed by atoms with Crippen LogP contribution < -0.4 is 5.32 Å². The van der Waals surface area contributed by atoms with Crippen molar-refractivity contribution in [3.05, 3.63) is 0 Å². The van der Waals surface area contributed by atoms with Crippen LogP contribution in [-0.2, 0) is 4.79 Å². The fourth-order valence-corrected chi connectivity index (χ4v) is 2.17. The Balaban J connectivity index is 2.50. The molecule has 2 nitrogen and oxygen atoms in total. The van der Waals surface area contributed by atoms with Crippen LogP contribution in [0.4, 0.5) is 8.78 Å². The third-order valence-corrected chi connectivity index (χ3v) is 2.94. The smallest absolute Gasteiger partial charge is 0.241 e. The van der Waals surface area contributed by atoms with Crippen LogP contribution in [0.1, 0.15) is 46.5 Å². The molecule has 1 aliphatic rings. The lowest BCUT2D eigenvalue weighted by molar-refractivity contribution is -0.128. The molecule has 0 spiro atoms. The molecule has 0 aromatic heterocycles. The Labute approximate surface area is 95.8 Å². The Bertz CT molecular complexity index is 248. The molecule has 94 valence electrons. The number of alkyl halides is 2. The highest BCUT2D eigenvalue weighted by Crippen LogP contribution is 2.33. The van der Waals surface area contributed by atoms with Crippen LogP contribution in [0.5, 0.6) is 0 Å². The Morgan fingerprint density at radius 3 is 2.44 bits per heavy atom. The van der Waals surface area contributed by atoms with E-state index in [0.29, 0.717) is 12.8 Å². The number of rotatable bonds is 2. The summed E-state index contributed by atoms with van der Waals surface area (Å²) in [6, 6.07) is 0. The van der Waals surface area contributed by atoms with Crippen molar-refractivity contribution in [1.29, 1.82) is 0 Å². The first-order chi connectivity index (χ1) is 7.29. The molecule has 0 radical (unpaired) electrons. The van der Waals surface area contributed by atoms with Gasteiger partial charge >= 0.3 is 0 Å². The predicted octanol–water partition coefficient (Wildman–Crippen LogP) is 2.97. The molecular formula is C12H21F2NO. The lowest BCUT2D eigenvalue weighted by Crippen LogP contribution is -2.45. The first-order valence-corrected chi connectivity index (χ1v) is 5.90. The van der Waals surface area contributed by atoms with Gasteiger partial charge in [-0.25, -0.2) is 8.78 Å². The minimum atomic E-state index is -2.29. The normalized spacial score (nSPS) is 26.9. The van der Waals surface area contributed by atoms with Crippen LogP contribution in [0, 0.1) is 11.8 Å². The minimum Gasteiger partial charge on any atom is -0.351 e. The topological polar surface area (TPSA) is 29.1 Å². The summed E-state index contributed by atoms with van der Waals surface area (Å²) in [4.78, 5) is 11.8. The van der Waals surface area contributed by atoms with E-state index < -0.39 is 12.3 Å². The molecule has 2 atom stereocenters. The predicted molar refractivity (Wildman–Crippen MR) is 59.3 cm³/mol. The Hall–Kier alpha value is -0.670. The number of carbonyl (C=O) groups is 1. The number of amides is 1. The van der Waals surface area contributed by atoms with Crippen LogP contribution in [0.15, 0.2) is 0 Å². The quantitative estimate of drug-likeness (QED) is 0.780. The summed E-state index contributed by atoms with van der Waals surface area (Å²) in [5, 5.41) is 2.86. The molecule has 0 bridgehead atoms. The average molecular weight is 233 g/mol. The summed E-state index contributed by atoms with van der Waals surface area (Å²) >= 11 is 0. The van der Waals surface area contributed by atoms with Crippen molar-refractivity contribution in [1.82, 2.24) is 5.32 Å². The second kappa shape index (κ2) is 5.11. The van der Waals surface area contributed by atoms with Crippen molar-refractivity contribution in [2.45, 2.75) is 58.4 Å². The molecule has 1 N–H and O–H groups in total. The van der Waals surface area contributed by atoms with E-state index in [0.717, 1.165) is 12.8 Å². The van der Waals surface area contributed by atoms with Gasteiger partial charge in [0.1, 0.15) is 0 Å². The Morgan fingerprint density at radius 2 is 1.94 bits per heavy atom. The lowest BCUT2D eigenvalue weighted by atomic mass is 9.81. The number of carbonyl (C=O) groups excluding carboxylic acids is 1. The molecule has 2 unspecified atom stereocenters. The van der Waals surface area contributed by atoms with Crippen LogP contribution in [0.25, 0.3) is 0 Å². The Morgan fingerprint density at radius 1 is 1.31 bits per heavy atom. The van der Waals surface area contributed by atoms with E-state index in [2.05, 4.69) is 5.32 Å². The van der Waals surface area contributed by atoms with Gasteiger partial charge in [-0.15, -0.1) is 0 Å². The first-order valence-electron chi connectivity index (χ1n) is 5.90. The SMILES string of the molecule is CC(C)(C)NC(=O)C1CCCC(C(F)F)C1. The van der Waals surface area contributed by atoms with Gasteiger partial charge in [0.15, 0.2) is 0 Å². The largest absolute Gasteiger partial charge is 0.351 e. The van der Waals surface area contributed by atoms with Gasteiger partial charge in [0, 0.05) is 17.4 Å². The van der Waals surface area contributed by atoms with E-state index in [9.17, 15) is 13.6 Å². The molecule has 1 saturated carbocycles. The second-order valence-corrected chi connectivity index (χ2v) is 5.70. The van der Waals surface area contributed by atoms with E-state index in [-0.39, 0.29) is 17.4 Å². The maximum absolute atomic E-state index is 12.6. The van der Waals surface area contributed by atoms with Gasteiger partial charge in [0.2, 0.25) is 12.3 Å². The van der Waals surface area contributed by atoms with Gasteiger partial charge in [0.25, 0.3) is 0 Å². The average Bonchev–Trinajstić information content (AvgIpc) is 2.15. The van der Waals surface area contributed by atoms with Crippen molar-refractivity contribution >= 4 is 5.91 Å². The fourth-order valence-electron chi connectivity index (χ4n) is 2.17. The highest BCUT2D eigenvalue weighted by molar-refractivity contribution is 5.79. The lowest BCUT2D eigenvalue weighted by Gasteiger charge is -2.30. The van der Waals surface area contributed by atoms with E-state index in [1.807, 2.05) is 20.8 Å². The van der Waals surface area contributed by atoms with E-state index in [1.165, 1.54) is 0 Å². The summed E-state index contributed by atoms with van der Waals surface area (Å²) in [6.45, 7) is 5.70. The number of nitrogens with one attached hydrogen (secondary N) is 1. The van der Waals surface area contributed by atoms with Gasteiger partial charge < -0.3 is 5.32 Å². The summed E-state index contributed by atoms with van der Waals surface area (Å²) < 4.78 is 25.1. The molecule has 0 aromatic rings. The van der Waals surface area contributed by atoms with Gasteiger partial charge in [0.05, 0.1) is 0 Å². The van der Waals surface area contributed by atoms with E-state index in [4.69, 9.17) is 0 Å². The highest BCUT2D eigenvalue weighted by Gasteiger charge is 2.32. The molecular weight excluding hydrogens is 212 g/mol. The van der Waals surface area contributed by atoms with Crippen LogP contribution in [-0.4, -0.2) is 17.9 Å². The van der Waals surface area contributed by atoms with Gasteiger partial charge in [-0.05, 0) is 40.0 Å². The van der Waals surface area contributed by atoms with E-state index in [1.54, 1.807) is 0 Å². The van der Waals surface area contributed by atoms with E-state index >= 15 is 0 Å². The Kier molecular flexibility index (Phi) is 4.28. The summed E-state index contributed by atoms with van der Waals surface area (Å²) in [6.07, 6.45) is 0.0732. The van der Waals surface area contributed by atoms with Gasteiger partial charge in [-0.2, -0.15) is 0 Å². The zero-order chi connectivity index (χ0) is 12.3. The zero-order valence-electron chi connectivity index (χ0n) is 10.2. The molecule has 1 rings (SSSR count). The summed E-state index contributed by atoms with van der Waals surface area (Å²) in [5.41, 5.74) is -0.283. The number of halogens is 2. The third kappa shape index (κ3) is 4.06. The van der Waals surface area contributed by atoms with Gasteiger partial charge in [-0.3, -0.25) is 4.79 Å². The standard InChI is InChI=1S/C12H21F2NO/c1-12(2,3)15-11(16)9-6-4-5-8(7-9)10(13)14/h8-10H,4-7H2,1-3H3,(H,15,16). The monoisotopic (exact) mass is 233 g/mol. The maximum Gasteiger partial charge on any atom is 0.241 e. The van der Waals surface area contributed by atoms with Crippen LogP contribution >= 0.6 is 0 Å². The minimum absolute atomic E-state index is 0.0714. The third-order valence-electron chi connectivity index (χ3n) is 2.94. The fraction of sp³-hybridized carbons (Fsp3) is 0.917. The maximum atomic E-state index is 12.6. The molecule has 0 heterocycles.